The molecule has 0 N–H and O–H groups in total. The second kappa shape index (κ2) is 6.06. The van der Waals surface area contributed by atoms with Crippen LogP contribution in [0.25, 0.3) is 16.8 Å². The highest BCUT2D eigenvalue weighted by Gasteiger charge is 2.19. The summed E-state index contributed by atoms with van der Waals surface area (Å²) in [7, 11) is 0. The van der Waals surface area contributed by atoms with Gasteiger partial charge in [-0.2, -0.15) is 10.4 Å². The minimum absolute atomic E-state index is 0.430. The number of hydrogen-bond donors (Lipinski definition) is 0. The highest BCUT2D eigenvalue weighted by Crippen LogP contribution is 2.28. The minimum atomic E-state index is 0.430. The van der Waals surface area contributed by atoms with Crippen LogP contribution in [0.15, 0.2) is 42.9 Å². The maximum atomic E-state index is 9.06. The van der Waals surface area contributed by atoms with Crippen molar-refractivity contribution in [3.8, 4) is 17.2 Å². The fourth-order valence-corrected chi connectivity index (χ4v) is 3.42. The summed E-state index contributed by atoms with van der Waals surface area (Å²) in [5.41, 5.74) is 4.56. The lowest BCUT2D eigenvalue weighted by molar-refractivity contribution is 0.263. The van der Waals surface area contributed by atoms with Crippen molar-refractivity contribution < 1.29 is 0 Å². The average Bonchev–Trinajstić information content (AvgIpc) is 3.30. The van der Waals surface area contributed by atoms with Gasteiger partial charge in [0.15, 0.2) is 5.65 Å². The number of hydrogen-bond acceptors (Lipinski definition) is 4. The Morgan fingerprint density at radius 1 is 1.17 bits per heavy atom. The molecule has 1 saturated heterocycles. The Kier molecular flexibility index (Phi) is 3.75. The molecule has 5 heteroatoms. The van der Waals surface area contributed by atoms with Crippen LogP contribution in [0, 0.1) is 11.3 Å². The van der Waals surface area contributed by atoms with E-state index in [-0.39, 0.29) is 0 Å². The lowest BCUT2D eigenvalue weighted by atomic mass is 10.0. The van der Waals surface area contributed by atoms with E-state index >= 15 is 0 Å². The van der Waals surface area contributed by atoms with E-state index in [4.69, 9.17) is 5.26 Å². The highest BCUT2D eigenvalue weighted by molar-refractivity contribution is 5.65. The molecule has 0 aliphatic carbocycles. The van der Waals surface area contributed by atoms with Gasteiger partial charge in [0.1, 0.15) is 11.6 Å². The Balaban J connectivity index is 1.69. The SMILES string of the molecule is CC(c1cccc(-c2cnc3c(C#N)cnn3c2)c1)N1CCCC1. The molecule has 0 bridgehead atoms. The van der Waals surface area contributed by atoms with Crippen LogP contribution in [0.1, 0.15) is 36.9 Å². The maximum absolute atomic E-state index is 9.06. The summed E-state index contributed by atoms with van der Waals surface area (Å²) in [5, 5.41) is 13.3. The summed E-state index contributed by atoms with van der Waals surface area (Å²) >= 11 is 0. The van der Waals surface area contributed by atoms with Crippen LogP contribution in [0.5, 0.6) is 0 Å². The van der Waals surface area contributed by atoms with Crippen molar-refractivity contribution in [3.05, 3.63) is 54.0 Å². The van der Waals surface area contributed by atoms with Gasteiger partial charge in [0.05, 0.1) is 6.20 Å². The van der Waals surface area contributed by atoms with Gasteiger partial charge in [-0.15, -0.1) is 0 Å². The molecule has 0 amide bonds. The van der Waals surface area contributed by atoms with Crippen LogP contribution in [-0.2, 0) is 0 Å². The molecule has 5 nitrogen and oxygen atoms in total. The van der Waals surface area contributed by atoms with Crippen molar-refractivity contribution >= 4 is 5.65 Å². The van der Waals surface area contributed by atoms with Gasteiger partial charge >= 0.3 is 0 Å². The number of likely N-dealkylation sites (tertiary alicyclic amines) is 1. The van der Waals surface area contributed by atoms with Gasteiger partial charge in [-0.25, -0.2) is 9.50 Å². The maximum Gasteiger partial charge on any atom is 0.172 e. The van der Waals surface area contributed by atoms with Crippen molar-refractivity contribution in [2.45, 2.75) is 25.8 Å². The Labute approximate surface area is 141 Å². The number of nitriles is 1. The van der Waals surface area contributed by atoms with Gasteiger partial charge in [0, 0.05) is 24.0 Å². The number of aromatic nitrogens is 3. The summed E-state index contributed by atoms with van der Waals surface area (Å²) in [4.78, 5) is 6.94. The Morgan fingerprint density at radius 2 is 2.00 bits per heavy atom. The monoisotopic (exact) mass is 317 g/mol. The first-order valence-corrected chi connectivity index (χ1v) is 8.34. The molecule has 120 valence electrons. The van der Waals surface area contributed by atoms with Crippen molar-refractivity contribution in [3.63, 3.8) is 0 Å². The molecular formula is C19H19N5. The van der Waals surface area contributed by atoms with Crippen LogP contribution in [0.3, 0.4) is 0 Å². The molecule has 1 aliphatic rings. The lowest BCUT2D eigenvalue weighted by Gasteiger charge is -2.24. The Hall–Kier alpha value is -2.71. The Morgan fingerprint density at radius 3 is 2.79 bits per heavy atom. The lowest BCUT2D eigenvalue weighted by Crippen LogP contribution is -2.23. The third kappa shape index (κ3) is 2.55. The van der Waals surface area contributed by atoms with E-state index < -0.39 is 0 Å². The number of nitrogens with zero attached hydrogens (tertiary/aromatic N) is 5. The van der Waals surface area contributed by atoms with Crippen LogP contribution in [0.2, 0.25) is 0 Å². The van der Waals surface area contributed by atoms with E-state index in [0.717, 1.165) is 11.1 Å². The third-order valence-corrected chi connectivity index (χ3v) is 4.87. The standard InChI is InChI=1S/C19H19N5/c1-14(23-7-2-3-8-23)15-5-4-6-16(9-15)18-11-21-19-17(10-20)12-22-24(19)13-18/h4-6,9,11-14H,2-3,7-8H2,1H3. The zero-order chi connectivity index (χ0) is 16.5. The van der Waals surface area contributed by atoms with Gasteiger partial charge in [-0.1, -0.05) is 18.2 Å². The van der Waals surface area contributed by atoms with Gasteiger partial charge in [-0.3, -0.25) is 4.90 Å². The minimum Gasteiger partial charge on any atom is -0.297 e. The van der Waals surface area contributed by atoms with Crippen LogP contribution in [-0.4, -0.2) is 32.6 Å². The number of fused-ring (bicyclic) bond motifs is 1. The molecule has 0 radical (unpaired) electrons. The first-order valence-electron chi connectivity index (χ1n) is 8.34. The fraction of sp³-hybridized carbons (Fsp3) is 0.316. The molecular weight excluding hydrogens is 298 g/mol. The van der Waals surface area contributed by atoms with Crippen molar-refractivity contribution in [2.24, 2.45) is 0 Å². The van der Waals surface area contributed by atoms with E-state index in [9.17, 15) is 0 Å². The zero-order valence-electron chi connectivity index (χ0n) is 13.7. The summed E-state index contributed by atoms with van der Waals surface area (Å²) in [6.45, 7) is 4.64. The normalized spacial score (nSPS) is 16.3. The van der Waals surface area contributed by atoms with Crippen LogP contribution < -0.4 is 0 Å². The summed E-state index contributed by atoms with van der Waals surface area (Å²) in [6, 6.07) is 11.2. The van der Waals surface area contributed by atoms with E-state index in [1.807, 2.05) is 12.4 Å². The summed E-state index contributed by atoms with van der Waals surface area (Å²) in [5.74, 6) is 0. The van der Waals surface area contributed by atoms with Crippen LogP contribution >= 0.6 is 0 Å². The molecule has 0 spiro atoms. The predicted molar refractivity (Wildman–Crippen MR) is 92.4 cm³/mol. The third-order valence-electron chi connectivity index (χ3n) is 4.87. The molecule has 3 heterocycles. The van der Waals surface area contributed by atoms with Crippen molar-refractivity contribution in [1.29, 1.82) is 5.26 Å². The topological polar surface area (TPSA) is 57.2 Å². The average molecular weight is 317 g/mol. The second-order valence-electron chi connectivity index (χ2n) is 6.33. The first-order chi connectivity index (χ1) is 11.8. The largest absolute Gasteiger partial charge is 0.297 e. The summed E-state index contributed by atoms with van der Waals surface area (Å²) in [6.07, 6.45) is 7.90. The molecule has 1 aliphatic heterocycles. The van der Waals surface area contributed by atoms with Crippen LogP contribution in [0.4, 0.5) is 0 Å². The molecule has 1 aromatic carbocycles. The van der Waals surface area contributed by atoms with E-state index in [2.05, 4.69) is 52.2 Å². The van der Waals surface area contributed by atoms with E-state index in [1.165, 1.54) is 31.5 Å². The van der Waals surface area contributed by atoms with Gasteiger partial charge < -0.3 is 0 Å². The summed E-state index contributed by atoms with van der Waals surface area (Å²) < 4.78 is 1.67. The van der Waals surface area contributed by atoms with Gasteiger partial charge in [0.25, 0.3) is 0 Å². The molecule has 2 aromatic heterocycles. The molecule has 1 fully saturated rings. The van der Waals surface area contributed by atoms with Gasteiger partial charge in [0.2, 0.25) is 0 Å². The molecule has 1 atom stereocenters. The van der Waals surface area contributed by atoms with E-state index in [0.29, 0.717) is 17.3 Å². The van der Waals surface area contributed by atoms with Crippen molar-refractivity contribution in [2.75, 3.05) is 13.1 Å². The van der Waals surface area contributed by atoms with Gasteiger partial charge in [-0.05, 0) is 50.0 Å². The van der Waals surface area contributed by atoms with E-state index in [1.54, 1.807) is 10.7 Å². The molecule has 0 saturated carbocycles. The Bertz CT molecular complexity index is 915. The predicted octanol–water partition coefficient (Wildman–Crippen LogP) is 3.42. The molecule has 24 heavy (non-hydrogen) atoms. The quantitative estimate of drug-likeness (QED) is 0.742. The number of benzene rings is 1. The fourth-order valence-electron chi connectivity index (χ4n) is 3.42. The molecule has 3 aromatic rings. The highest BCUT2D eigenvalue weighted by atomic mass is 15.2. The number of rotatable bonds is 3. The van der Waals surface area contributed by atoms with Crippen molar-refractivity contribution in [1.82, 2.24) is 19.5 Å². The molecule has 4 rings (SSSR count). The zero-order valence-corrected chi connectivity index (χ0v) is 13.7. The first kappa shape index (κ1) is 14.9. The molecule has 1 unspecified atom stereocenters. The second-order valence-corrected chi connectivity index (χ2v) is 6.33. The smallest absolute Gasteiger partial charge is 0.172 e.